The molecular weight excluding hydrogens is 190 g/mol. The third-order valence-corrected chi connectivity index (χ3v) is 2.09. The summed E-state index contributed by atoms with van der Waals surface area (Å²) < 4.78 is 4.91. The van der Waals surface area contributed by atoms with Gasteiger partial charge in [0, 0.05) is 32.5 Å². The number of ether oxygens (including phenoxy) is 1. The molecule has 0 saturated carbocycles. The minimum Gasteiger partial charge on any atom is -0.383 e. The third-order valence-electron chi connectivity index (χ3n) is 1.82. The highest BCUT2D eigenvalue weighted by Crippen LogP contribution is 1.99. The second-order valence-electron chi connectivity index (χ2n) is 2.76. The SMILES string of the molecule is CCN(CCOC)C(=O)CCCCl. The number of rotatable bonds is 7. The molecule has 0 aliphatic rings. The standard InChI is InChI=1S/C9H18ClNO2/c1-3-11(7-8-13-2)9(12)5-4-6-10/h3-8H2,1-2H3. The Labute approximate surface area is 85.0 Å². The molecule has 0 aliphatic carbocycles. The van der Waals surface area contributed by atoms with Crippen molar-refractivity contribution in [3.8, 4) is 0 Å². The van der Waals surface area contributed by atoms with Gasteiger partial charge in [-0.25, -0.2) is 0 Å². The Kier molecular flexibility index (Phi) is 8.14. The fourth-order valence-electron chi connectivity index (χ4n) is 1.04. The van der Waals surface area contributed by atoms with Gasteiger partial charge in [0.1, 0.15) is 0 Å². The van der Waals surface area contributed by atoms with Gasteiger partial charge < -0.3 is 9.64 Å². The van der Waals surface area contributed by atoms with Crippen molar-refractivity contribution in [1.29, 1.82) is 0 Å². The predicted octanol–water partition coefficient (Wildman–Crippen LogP) is 1.50. The number of likely N-dealkylation sites (N-methyl/N-ethyl adjacent to an activating group) is 1. The number of nitrogens with zero attached hydrogens (tertiary/aromatic N) is 1. The monoisotopic (exact) mass is 207 g/mol. The molecule has 13 heavy (non-hydrogen) atoms. The number of alkyl halides is 1. The summed E-state index contributed by atoms with van der Waals surface area (Å²) in [5.74, 6) is 0.716. The van der Waals surface area contributed by atoms with Crippen LogP contribution in [0.15, 0.2) is 0 Å². The van der Waals surface area contributed by atoms with Gasteiger partial charge >= 0.3 is 0 Å². The van der Waals surface area contributed by atoms with Gasteiger partial charge in [-0.15, -0.1) is 11.6 Å². The van der Waals surface area contributed by atoms with E-state index in [4.69, 9.17) is 16.3 Å². The number of amides is 1. The first-order valence-electron chi connectivity index (χ1n) is 4.59. The first-order valence-corrected chi connectivity index (χ1v) is 5.12. The van der Waals surface area contributed by atoms with E-state index in [1.165, 1.54) is 0 Å². The zero-order chi connectivity index (χ0) is 10.1. The Morgan fingerprint density at radius 1 is 1.54 bits per heavy atom. The van der Waals surface area contributed by atoms with Crippen molar-refractivity contribution in [2.45, 2.75) is 19.8 Å². The Hall–Kier alpha value is -0.280. The molecule has 1 amide bonds. The van der Waals surface area contributed by atoms with Crippen LogP contribution in [0.25, 0.3) is 0 Å². The van der Waals surface area contributed by atoms with Crippen molar-refractivity contribution in [1.82, 2.24) is 4.90 Å². The van der Waals surface area contributed by atoms with E-state index >= 15 is 0 Å². The van der Waals surface area contributed by atoms with E-state index in [0.29, 0.717) is 25.5 Å². The van der Waals surface area contributed by atoms with Gasteiger partial charge in [0.05, 0.1) is 6.61 Å². The van der Waals surface area contributed by atoms with Crippen LogP contribution in [-0.2, 0) is 9.53 Å². The van der Waals surface area contributed by atoms with Gasteiger partial charge in [0.25, 0.3) is 0 Å². The molecule has 0 aliphatic heterocycles. The van der Waals surface area contributed by atoms with Crippen LogP contribution in [-0.4, -0.2) is 43.5 Å². The highest BCUT2D eigenvalue weighted by Gasteiger charge is 2.09. The van der Waals surface area contributed by atoms with E-state index < -0.39 is 0 Å². The van der Waals surface area contributed by atoms with Crippen LogP contribution < -0.4 is 0 Å². The third kappa shape index (κ3) is 5.88. The second kappa shape index (κ2) is 8.32. The lowest BCUT2D eigenvalue weighted by molar-refractivity contribution is -0.131. The summed E-state index contributed by atoms with van der Waals surface area (Å²) in [7, 11) is 1.64. The van der Waals surface area contributed by atoms with Crippen molar-refractivity contribution in [2.24, 2.45) is 0 Å². The van der Waals surface area contributed by atoms with Crippen LogP contribution in [0.4, 0.5) is 0 Å². The Balaban J connectivity index is 3.71. The Bertz CT molecular complexity index is 142. The van der Waals surface area contributed by atoms with Crippen molar-refractivity contribution >= 4 is 17.5 Å². The number of carbonyl (C=O) groups excluding carboxylic acids is 1. The minimum atomic E-state index is 0.167. The normalized spacial score (nSPS) is 10.1. The van der Waals surface area contributed by atoms with Crippen molar-refractivity contribution in [3.63, 3.8) is 0 Å². The lowest BCUT2D eigenvalue weighted by Crippen LogP contribution is -2.33. The lowest BCUT2D eigenvalue weighted by Gasteiger charge is -2.20. The van der Waals surface area contributed by atoms with E-state index in [2.05, 4.69) is 0 Å². The molecule has 0 atom stereocenters. The zero-order valence-corrected chi connectivity index (χ0v) is 9.14. The number of hydrogen-bond donors (Lipinski definition) is 0. The molecule has 0 unspecified atom stereocenters. The molecule has 0 spiro atoms. The molecular formula is C9H18ClNO2. The molecule has 0 saturated heterocycles. The molecule has 0 bridgehead atoms. The zero-order valence-electron chi connectivity index (χ0n) is 8.38. The molecule has 0 N–H and O–H groups in total. The lowest BCUT2D eigenvalue weighted by atomic mass is 10.3. The average Bonchev–Trinajstić information content (AvgIpc) is 2.16. The summed E-state index contributed by atoms with van der Waals surface area (Å²) in [5.41, 5.74) is 0. The van der Waals surface area contributed by atoms with Crippen molar-refractivity contribution in [2.75, 3.05) is 32.7 Å². The molecule has 0 heterocycles. The molecule has 0 aromatic rings. The molecule has 78 valence electrons. The fourth-order valence-corrected chi connectivity index (χ4v) is 1.17. The largest absolute Gasteiger partial charge is 0.383 e. The summed E-state index contributed by atoms with van der Waals surface area (Å²) in [6.45, 7) is 3.98. The first kappa shape index (κ1) is 12.7. The maximum absolute atomic E-state index is 11.5. The summed E-state index contributed by atoms with van der Waals surface area (Å²) in [4.78, 5) is 13.2. The summed E-state index contributed by atoms with van der Waals surface area (Å²) in [6, 6.07) is 0. The van der Waals surface area contributed by atoms with Crippen LogP contribution in [0.5, 0.6) is 0 Å². The Morgan fingerprint density at radius 2 is 2.23 bits per heavy atom. The summed E-state index contributed by atoms with van der Waals surface area (Å²) in [5, 5.41) is 0. The molecule has 0 fully saturated rings. The number of hydrogen-bond acceptors (Lipinski definition) is 2. The molecule has 0 aromatic heterocycles. The van der Waals surface area contributed by atoms with E-state index in [0.717, 1.165) is 13.0 Å². The van der Waals surface area contributed by atoms with Crippen LogP contribution in [0.2, 0.25) is 0 Å². The summed E-state index contributed by atoms with van der Waals surface area (Å²) >= 11 is 5.50. The summed E-state index contributed by atoms with van der Waals surface area (Å²) in [6.07, 6.45) is 1.30. The molecule has 4 heteroatoms. The topological polar surface area (TPSA) is 29.5 Å². The van der Waals surface area contributed by atoms with Gasteiger partial charge in [-0.2, -0.15) is 0 Å². The van der Waals surface area contributed by atoms with Gasteiger partial charge in [0.15, 0.2) is 0 Å². The highest BCUT2D eigenvalue weighted by molar-refractivity contribution is 6.17. The number of carbonyl (C=O) groups is 1. The Morgan fingerprint density at radius 3 is 2.69 bits per heavy atom. The predicted molar refractivity (Wildman–Crippen MR) is 54.1 cm³/mol. The quantitative estimate of drug-likeness (QED) is 0.593. The van der Waals surface area contributed by atoms with Gasteiger partial charge in [-0.1, -0.05) is 0 Å². The first-order chi connectivity index (χ1) is 6.26. The van der Waals surface area contributed by atoms with E-state index in [1.54, 1.807) is 12.0 Å². The van der Waals surface area contributed by atoms with E-state index in [-0.39, 0.29) is 5.91 Å². The molecule has 0 aromatic carbocycles. The van der Waals surface area contributed by atoms with Crippen LogP contribution >= 0.6 is 11.6 Å². The average molecular weight is 208 g/mol. The molecule has 0 radical (unpaired) electrons. The highest BCUT2D eigenvalue weighted by atomic mass is 35.5. The fraction of sp³-hybridized carbons (Fsp3) is 0.889. The van der Waals surface area contributed by atoms with E-state index in [9.17, 15) is 4.79 Å². The van der Waals surface area contributed by atoms with Gasteiger partial charge in [-0.05, 0) is 13.3 Å². The van der Waals surface area contributed by atoms with Crippen molar-refractivity contribution in [3.05, 3.63) is 0 Å². The second-order valence-corrected chi connectivity index (χ2v) is 3.14. The maximum atomic E-state index is 11.5. The van der Waals surface area contributed by atoms with Crippen LogP contribution in [0.1, 0.15) is 19.8 Å². The van der Waals surface area contributed by atoms with Gasteiger partial charge in [0.2, 0.25) is 5.91 Å². The maximum Gasteiger partial charge on any atom is 0.222 e. The van der Waals surface area contributed by atoms with Crippen LogP contribution in [0.3, 0.4) is 0 Å². The van der Waals surface area contributed by atoms with Gasteiger partial charge in [-0.3, -0.25) is 4.79 Å². The minimum absolute atomic E-state index is 0.167. The van der Waals surface area contributed by atoms with Crippen LogP contribution in [0, 0.1) is 0 Å². The molecule has 0 rings (SSSR count). The van der Waals surface area contributed by atoms with E-state index in [1.807, 2.05) is 6.92 Å². The molecule has 3 nitrogen and oxygen atoms in total. The smallest absolute Gasteiger partial charge is 0.222 e. The number of halogens is 1. The van der Waals surface area contributed by atoms with Crippen molar-refractivity contribution < 1.29 is 9.53 Å². The number of methoxy groups -OCH3 is 1.